The smallest absolute Gasteiger partial charge is 0.198 e. The van der Waals surface area contributed by atoms with Gasteiger partial charge < -0.3 is 15.0 Å². The molecule has 0 saturated carbocycles. The SMILES string of the molecule is CCCCCCCCC=CCCCCCCCC1=NCC[N+]1(CCO)CCC(=O)[O-]. The van der Waals surface area contributed by atoms with Crippen molar-refractivity contribution in [2.24, 2.45) is 4.99 Å². The molecule has 0 fully saturated rings. The third-order valence-corrected chi connectivity index (χ3v) is 6.30. The van der Waals surface area contributed by atoms with E-state index in [-0.39, 0.29) is 13.0 Å². The van der Waals surface area contributed by atoms with Gasteiger partial charge in [0.2, 0.25) is 0 Å². The lowest BCUT2D eigenvalue weighted by Crippen LogP contribution is -2.54. The predicted molar refractivity (Wildman–Crippen MR) is 123 cm³/mol. The normalized spacial score (nSPS) is 18.9. The zero-order valence-corrected chi connectivity index (χ0v) is 19.5. The fourth-order valence-corrected chi connectivity index (χ4v) is 4.41. The third-order valence-electron chi connectivity index (χ3n) is 6.30. The van der Waals surface area contributed by atoms with Crippen molar-refractivity contribution in [2.75, 3.05) is 32.8 Å². The number of aliphatic imine (C=N–C) groups is 1. The molecule has 0 amide bonds. The maximum atomic E-state index is 10.9. The van der Waals surface area contributed by atoms with Crippen LogP contribution in [0.15, 0.2) is 17.1 Å². The standard InChI is InChI=1S/C25H46N2O3/c1-2-3-4-5-6-7-8-9-10-11-12-13-14-15-16-17-24-26-19-21-27(24,22-23-28)20-18-25(29)30/h9-10,28H,2-8,11-23H2,1H3. The number of unbranched alkanes of at least 4 members (excludes halogenated alkanes) is 11. The number of carboxylic acids is 1. The minimum Gasteiger partial charge on any atom is -0.550 e. The van der Waals surface area contributed by atoms with E-state index in [1.807, 2.05) is 0 Å². The highest BCUT2D eigenvalue weighted by Gasteiger charge is 2.36. The van der Waals surface area contributed by atoms with Gasteiger partial charge in [-0.3, -0.25) is 4.48 Å². The van der Waals surface area contributed by atoms with Crippen molar-refractivity contribution < 1.29 is 19.5 Å². The number of allylic oxidation sites excluding steroid dienone is 2. The first-order valence-corrected chi connectivity index (χ1v) is 12.5. The van der Waals surface area contributed by atoms with Gasteiger partial charge in [0, 0.05) is 18.8 Å². The molecule has 30 heavy (non-hydrogen) atoms. The molecule has 1 atom stereocenters. The topological polar surface area (TPSA) is 72.7 Å². The van der Waals surface area contributed by atoms with Gasteiger partial charge in [-0.25, -0.2) is 4.99 Å². The van der Waals surface area contributed by atoms with Gasteiger partial charge in [0.25, 0.3) is 0 Å². The molecule has 5 nitrogen and oxygen atoms in total. The van der Waals surface area contributed by atoms with Crippen LogP contribution in [-0.2, 0) is 4.79 Å². The number of hydrogen-bond donors (Lipinski definition) is 1. The molecule has 0 aromatic heterocycles. The van der Waals surface area contributed by atoms with E-state index in [9.17, 15) is 15.0 Å². The lowest BCUT2D eigenvalue weighted by Gasteiger charge is -2.34. The number of amidine groups is 1. The highest BCUT2D eigenvalue weighted by atomic mass is 16.4. The van der Waals surface area contributed by atoms with E-state index in [1.54, 1.807) is 0 Å². The summed E-state index contributed by atoms with van der Waals surface area (Å²) in [5, 5.41) is 20.3. The molecule has 1 rings (SSSR count). The number of rotatable bonds is 20. The molecule has 0 radical (unpaired) electrons. The Bertz CT molecular complexity index is 505. The number of carboxylic acid groups (broad SMARTS) is 1. The number of nitrogens with zero attached hydrogens (tertiary/aromatic N) is 2. The van der Waals surface area contributed by atoms with E-state index < -0.39 is 5.97 Å². The fourth-order valence-electron chi connectivity index (χ4n) is 4.41. The number of carbonyl (C=O) groups is 1. The Hall–Kier alpha value is -1.20. The van der Waals surface area contributed by atoms with Crippen LogP contribution in [0.2, 0.25) is 0 Å². The van der Waals surface area contributed by atoms with E-state index in [4.69, 9.17) is 0 Å². The number of aliphatic hydroxyl groups is 1. The third kappa shape index (κ3) is 11.8. The summed E-state index contributed by atoms with van der Waals surface area (Å²) in [5.74, 6) is 0.0700. The molecule has 0 aliphatic carbocycles. The second-order valence-electron chi connectivity index (χ2n) is 8.79. The van der Waals surface area contributed by atoms with Crippen LogP contribution in [0.4, 0.5) is 0 Å². The zero-order chi connectivity index (χ0) is 21.9. The average molecular weight is 423 g/mol. The van der Waals surface area contributed by atoms with Crippen LogP contribution >= 0.6 is 0 Å². The first-order chi connectivity index (χ1) is 14.6. The van der Waals surface area contributed by atoms with Crippen LogP contribution < -0.4 is 5.11 Å². The van der Waals surface area contributed by atoms with Crippen molar-refractivity contribution in [3.63, 3.8) is 0 Å². The Kier molecular flexibility index (Phi) is 15.6. The molecule has 174 valence electrons. The molecule has 1 aliphatic heterocycles. The average Bonchev–Trinajstić information content (AvgIpc) is 3.12. The van der Waals surface area contributed by atoms with Crippen LogP contribution in [0.1, 0.15) is 103 Å². The van der Waals surface area contributed by atoms with Crippen molar-refractivity contribution in [3.05, 3.63) is 12.2 Å². The van der Waals surface area contributed by atoms with Gasteiger partial charge in [0.15, 0.2) is 5.84 Å². The summed E-state index contributed by atoms with van der Waals surface area (Å²) in [6, 6.07) is 0. The van der Waals surface area contributed by atoms with Gasteiger partial charge in [-0.2, -0.15) is 0 Å². The first-order valence-electron chi connectivity index (χ1n) is 12.5. The number of aliphatic hydroxyl groups excluding tert-OH is 1. The second-order valence-corrected chi connectivity index (χ2v) is 8.79. The Balaban J connectivity index is 2.06. The molecular weight excluding hydrogens is 376 g/mol. The van der Waals surface area contributed by atoms with E-state index >= 15 is 0 Å². The lowest BCUT2D eigenvalue weighted by molar-refractivity contribution is -0.836. The van der Waals surface area contributed by atoms with Crippen LogP contribution in [0.5, 0.6) is 0 Å². The maximum absolute atomic E-state index is 10.9. The van der Waals surface area contributed by atoms with E-state index in [0.717, 1.165) is 31.8 Å². The Morgan fingerprint density at radius 2 is 1.57 bits per heavy atom. The molecule has 1 aliphatic rings. The van der Waals surface area contributed by atoms with Gasteiger partial charge in [0.1, 0.15) is 13.1 Å². The molecule has 5 heteroatoms. The number of aliphatic carboxylic acids is 1. The Morgan fingerprint density at radius 3 is 2.17 bits per heavy atom. The first kappa shape index (κ1) is 26.8. The van der Waals surface area contributed by atoms with Crippen molar-refractivity contribution in [1.82, 2.24) is 0 Å². The second kappa shape index (κ2) is 17.5. The molecule has 0 spiro atoms. The highest BCUT2D eigenvalue weighted by molar-refractivity contribution is 5.77. The minimum atomic E-state index is -1.02. The summed E-state index contributed by atoms with van der Waals surface area (Å²) in [4.78, 5) is 15.5. The summed E-state index contributed by atoms with van der Waals surface area (Å²) in [5.41, 5.74) is 0. The van der Waals surface area contributed by atoms with Crippen molar-refractivity contribution >= 4 is 11.8 Å². The molecule has 1 heterocycles. The quantitative estimate of drug-likeness (QED) is 0.180. The van der Waals surface area contributed by atoms with Gasteiger partial charge in [0.05, 0.1) is 19.7 Å². The molecule has 0 saturated heterocycles. The Morgan fingerprint density at radius 1 is 0.967 bits per heavy atom. The summed E-state index contributed by atoms with van der Waals surface area (Å²) >= 11 is 0. The predicted octanol–water partition coefficient (Wildman–Crippen LogP) is 4.39. The zero-order valence-electron chi connectivity index (χ0n) is 19.5. The van der Waals surface area contributed by atoms with Crippen molar-refractivity contribution in [3.8, 4) is 0 Å². The highest BCUT2D eigenvalue weighted by Crippen LogP contribution is 2.21. The number of carbonyl (C=O) groups excluding carboxylic acids is 1. The summed E-state index contributed by atoms with van der Waals surface area (Å²) < 4.78 is 0.549. The molecule has 1 unspecified atom stereocenters. The molecule has 1 N–H and O–H groups in total. The van der Waals surface area contributed by atoms with Crippen molar-refractivity contribution in [2.45, 2.75) is 103 Å². The van der Waals surface area contributed by atoms with Crippen LogP contribution in [0, 0.1) is 0 Å². The van der Waals surface area contributed by atoms with Gasteiger partial charge >= 0.3 is 0 Å². The molecule has 0 bridgehead atoms. The minimum absolute atomic E-state index is 0.0331. The van der Waals surface area contributed by atoms with E-state index in [0.29, 0.717) is 17.6 Å². The Labute approximate surface area is 184 Å². The number of hydrogen-bond acceptors (Lipinski definition) is 4. The molecule has 0 aromatic rings. The fraction of sp³-hybridized carbons (Fsp3) is 0.840. The van der Waals surface area contributed by atoms with Gasteiger partial charge in [-0.15, -0.1) is 0 Å². The lowest BCUT2D eigenvalue weighted by atomic mass is 10.1. The van der Waals surface area contributed by atoms with Gasteiger partial charge in [-0.05, 0) is 32.1 Å². The summed E-state index contributed by atoms with van der Waals surface area (Å²) in [7, 11) is 0. The van der Waals surface area contributed by atoms with Crippen LogP contribution in [0.3, 0.4) is 0 Å². The maximum Gasteiger partial charge on any atom is 0.198 e. The summed E-state index contributed by atoms with van der Waals surface area (Å²) in [6.07, 6.45) is 22.4. The van der Waals surface area contributed by atoms with Crippen LogP contribution in [-0.4, -0.2) is 54.2 Å². The largest absolute Gasteiger partial charge is 0.550 e. The monoisotopic (exact) mass is 422 g/mol. The van der Waals surface area contributed by atoms with E-state index in [2.05, 4.69) is 24.1 Å². The van der Waals surface area contributed by atoms with Crippen molar-refractivity contribution in [1.29, 1.82) is 0 Å². The molecular formula is C25H46N2O3. The van der Waals surface area contributed by atoms with Crippen LogP contribution in [0.25, 0.3) is 0 Å². The summed E-state index contributed by atoms with van der Waals surface area (Å²) in [6.45, 7) is 4.95. The molecule has 0 aromatic carbocycles. The number of quaternary nitrogens is 1. The van der Waals surface area contributed by atoms with Gasteiger partial charge in [-0.1, -0.05) is 70.4 Å². The van der Waals surface area contributed by atoms with E-state index in [1.165, 1.54) is 77.0 Å².